The van der Waals surface area contributed by atoms with Gasteiger partial charge in [0.2, 0.25) is 0 Å². The quantitative estimate of drug-likeness (QED) is 0.291. The second-order valence-electron chi connectivity index (χ2n) is 4.73. The van der Waals surface area contributed by atoms with Gasteiger partial charge in [0.25, 0.3) is 0 Å². The van der Waals surface area contributed by atoms with Crippen molar-refractivity contribution >= 4 is 58.6 Å². The van der Waals surface area contributed by atoms with Crippen LogP contribution >= 0.6 is 46.9 Å². The van der Waals surface area contributed by atoms with Gasteiger partial charge in [-0.2, -0.15) is 0 Å². The van der Waals surface area contributed by atoms with Crippen molar-refractivity contribution < 1.29 is 4.74 Å². The van der Waals surface area contributed by atoms with Crippen LogP contribution in [0.4, 0.5) is 5.69 Å². The number of nitrogens with one attached hydrogen (secondary N) is 1. The summed E-state index contributed by atoms with van der Waals surface area (Å²) < 4.78 is 5.10. The Labute approximate surface area is 162 Å². The number of aliphatic imine (C=N–C) groups is 1. The molecule has 1 heterocycles. The number of nitrogens with zero attached hydrogens (tertiary/aromatic N) is 2. The van der Waals surface area contributed by atoms with Crippen LogP contribution in [0.15, 0.2) is 28.6 Å². The summed E-state index contributed by atoms with van der Waals surface area (Å²) in [5.74, 6) is 0.998. The zero-order chi connectivity index (χ0) is 15.9. The molecule has 0 saturated carbocycles. The van der Waals surface area contributed by atoms with E-state index in [4.69, 9.17) is 22.1 Å². The van der Waals surface area contributed by atoms with E-state index in [0.29, 0.717) is 23.3 Å². The van der Waals surface area contributed by atoms with Gasteiger partial charge in [-0.1, -0.05) is 11.6 Å². The molecule has 0 spiro atoms. The Balaban J connectivity index is 0.00000264. The van der Waals surface area contributed by atoms with Crippen molar-refractivity contribution in [1.29, 1.82) is 0 Å². The Morgan fingerprint density at radius 1 is 1.48 bits per heavy atom. The van der Waals surface area contributed by atoms with E-state index in [2.05, 4.69) is 20.7 Å². The van der Waals surface area contributed by atoms with Crippen LogP contribution in [0.5, 0.6) is 5.75 Å². The first-order valence-electron chi connectivity index (χ1n) is 6.90. The van der Waals surface area contributed by atoms with Gasteiger partial charge in [-0.3, -0.25) is 4.99 Å². The van der Waals surface area contributed by atoms with E-state index < -0.39 is 0 Å². The lowest BCUT2D eigenvalue weighted by Gasteiger charge is -2.08. The minimum atomic E-state index is 0. The van der Waals surface area contributed by atoms with Crippen molar-refractivity contribution in [2.45, 2.75) is 19.8 Å². The van der Waals surface area contributed by atoms with Crippen LogP contribution < -0.4 is 15.8 Å². The molecule has 8 heteroatoms. The summed E-state index contributed by atoms with van der Waals surface area (Å²) >= 11 is 7.74. The van der Waals surface area contributed by atoms with Crippen LogP contribution in [-0.2, 0) is 6.42 Å². The summed E-state index contributed by atoms with van der Waals surface area (Å²) in [6.07, 6.45) is 1.84. The van der Waals surface area contributed by atoms with Gasteiger partial charge < -0.3 is 15.8 Å². The molecule has 0 aliphatic rings. The van der Waals surface area contributed by atoms with Crippen molar-refractivity contribution in [3.8, 4) is 5.75 Å². The first-order valence-corrected chi connectivity index (χ1v) is 8.15. The smallest absolute Gasteiger partial charge is 0.193 e. The highest BCUT2D eigenvalue weighted by Crippen LogP contribution is 2.27. The van der Waals surface area contributed by atoms with E-state index in [9.17, 15) is 0 Å². The van der Waals surface area contributed by atoms with Crippen LogP contribution in [-0.4, -0.2) is 24.6 Å². The van der Waals surface area contributed by atoms with E-state index in [1.165, 1.54) is 0 Å². The zero-order valence-corrected chi connectivity index (χ0v) is 16.9. The minimum Gasteiger partial charge on any atom is -0.495 e. The van der Waals surface area contributed by atoms with Gasteiger partial charge in [-0.25, -0.2) is 4.98 Å². The molecule has 0 unspecified atom stereocenters. The first kappa shape index (κ1) is 20.0. The summed E-state index contributed by atoms with van der Waals surface area (Å²) in [4.78, 5) is 8.72. The number of anilines is 1. The molecule has 1 aromatic heterocycles. The average Bonchev–Trinajstić information content (AvgIpc) is 2.89. The predicted octanol–water partition coefficient (Wildman–Crippen LogP) is 4.09. The highest BCUT2D eigenvalue weighted by molar-refractivity contribution is 14.0. The Kier molecular flexibility index (Phi) is 8.64. The van der Waals surface area contributed by atoms with Crippen molar-refractivity contribution in [3.05, 3.63) is 39.3 Å². The molecule has 3 N–H and O–H groups in total. The number of thiazole rings is 1. The van der Waals surface area contributed by atoms with Gasteiger partial charge in [0.15, 0.2) is 5.96 Å². The van der Waals surface area contributed by atoms with E-state index in [1.54, 1.807) is 30.6 Å². The van der Waals surface area contributed by atoms with Crippen LogP contribution in [0, 0.1) is 6.92 Å². The summed E-state index contributed by atoms with van der Waals surface area (Å²) in [7, 11) is 1.58. The monoisotopic (exact) mass is 466 g/mol. The Morgan fingerprint density at radius 3 is 2.87 bits per heavy atom. The number of halogens is 2. The number of hydrogen-bond acceptors (Lipinski definition) is 4. The maximum atomic E-state index is 6.06. The maximum Gasteiger partial charge on any atom is 0.193 e. The largest absolute Gasteiger partial charge is 0.495 e. The number of ether oxygens (including phenoxy) is 1. The van der Waals surface area contributed by atoms with Crippen LogP contribution in [0.25, 0.3) is 0 Å². The van der Waals surface area contributed by atoms with Gasteiger partial charge in [0.05, 0.1) is 17.1 Å². The highest BCUT2D eigenvalue weighted by atomic mass is 127. The van der Waals surface area contributed by atoms with Crippen LogP contribution in [0.2, 0.25) is 5.02 Å². The van der Waals surface area contributed by atoms with Gasteiger partial charge in [-0.15, -0.1) is 35.3 Å². The molecular formula is C15H20ClIN4OS. The molecule has 0 bridgehead atoms. The minimum absolute atomic E-state index is 0. The van der Waals surface area contributed by atoms with Crippen molar-refractivity contribution in [2.24, 2.45) is 10.7 Å². The third-order valence-corrected chi connectivity index (χ3v) is 4.24. The fourth-order valence-electron chi connectivity index (χ4n) is 1.88. The van der Waals surface area contributed by atoms with Gasteiger partial charge in [-0.05, 0) is 31.5 Å². The molecule has 0 atom stereocenters. The number of benzene rings is 1. The van der Waals surface area contributed by atoms with E-state index in [-0.39, 0.29) is 24.0 Å². The summed E-state index contributed by atoms with van der Waals surface area (Å²) in [5, 5.41) is 6.74. The second kappa shape index (κ2) is 9.94. The molecule has 5 nitrogen and oxygen atoms in total. The van der Waals surface area contributed by atoms with Gasteiger partial charge in [0.1, 0.15) is 5.75 Å². The molecule has 1 aromatic carbocycles. The van der Waals surface area contributed by atoms with Crippen molar-refractivity contribution in [1.82, 2.24) is 4.98 Å². The zero-order valence-electron chi connectivity index (χ0n) is 13.0. The van der Waals surface area contributed by atoms with Crippen LogP contribution in [0.1, 0.15) is 17.1 Å². The Hall–Kier alpha value is -1.06. The number of methoxy groups -OCH3 is 1. The lowest BCUT2D eigenvalue weighted by molar-refractivity contribution is 0.415. The maximum absolute atomic E-state index is 6.06. The topological polar surface area (TPSA) is 72.5 Å². The van der Waals surface area contributed by atoms with E-state index in [1.807, 2.05) is 13.0 Å². The van der Waals surface area contributed by atoms with Gasteiger partial charge in [0, 0.05) is 29.7 Å². The second-order valence-corrected chi connectivity index (χ2v) is 6.08. The molecule has 0 aliphatic heterocycles. The number of aryl methyl sites for hydroxylation is 2. The van der Waals surface area contributed by atoms with E-state index in [0.717, 1.165) is 29.2 Å². The standard InChI is InChI=1S/C15H19ClN4OS.HI/c1-10-9-22-14(19-10)4-3-7-18-15(17)20-11-5-6-13(21-2)12(16)8-11;/h5-6,8-9H,3-4,7H2,1-2H3,(H3,17,18,20);1H. The summed E-state index contributed by atoms with van der Waals surface area (Å²) in [5.41, 5.74) is 7.71. The van der Waals surface area contributed by atoms with Gasteiger partial charge >= 0.3 is 0 Å². The van der Waals surface area contributed by atoms with Crippen LogP contribution in [0.3, 0.4) is 0 Å². The fourth-order valence-corrected chi connectivity index (χ4v) is 2.95. The molecule has 0 aliphatic carbocycles. The molecular weight excluding hydrogens is 447 g/mol. The Bertz CT molecular complexity index is 663. The lowest BCUT2D eigenvalue weighted by atomic mass is 10.3. The highest BCUT2D eigenvalue weighted by Gasteiger charge is 2.03. The molecule has 126 valence electrons. The lowest BCUT2D eigenvalue weighted by Crippen LogP contribution is -2.22. The molecule has 2 aromatic rings. The molecule has 0 radical (unpaired) electrons. The molecule has 2 rings (SSSR count). The third kappa shape index (κ3) is 6.52. The number of guanidine groups is 1. The van der Waals surface area contributed by atoms with Crippen molar-refractivity contribution in [2.75, 3.05) is 19.0 Å². The summed E-state index contributed by atoms with van der Waals surface area (Å²) in [6, 6.07) is 5.37. The molecule has 0 amide bonds. The predicted molar refractivity (Wildman–Crippen MR) is 109 cm³/mol. The Morgan fingerprint density at radius 2 is 2.26 bits per heavy atom. The molecule has 0 fully saturated rings. The van der Waals surface area contributed by atoms with Crippen molar-refractivity contribution in [3.63, 3.8) is 0 Å². The third-order valence-electron chi connectivity index (χ3n) is 2.92. The number of aromatic nitrogens is 1. The molecule has 0 saturated heterocycles. The first-order chi connectivity index (χ1) is 10.6. The molecule has 23 heavy (non-hydrogen) atoms. The average molecular weight is 467 g/mol. The number of hydrogen-bond donors (Lipinski definition) is 2. The van der Waals surface area contributed by atoms with E-state index >= 15 is 0 Å². The normalized spacial score (nSPS) is 11.0. The summed E-state index contributed by atoms with van der Waals surface area (Å²) in [6.45, 7) is 2.65. The SMILES string of the molecule is COc1ccc(NC(N)=NCCCc2nc(C)cs2)cc1Cl.I. The number of nitrogens with two attached hydrogens (primary N) is 1. The fraction of sp³-hybridized carbons (Fsp3) is 0.333. The number of rotatable bonds is 6.